The van der Waals surface area contributed by atoms with E-state index in [-0.39, 0.29) is 17.2 Å². The molecule has 1 aliphatic rings. The minimum absolute atomic E-state index is 0.112. The summed E-state index contributed by atoms with van der Waals surface area (Å²) in [7, 11) is 0. The highest BCUT2D eigenvalue weighted by atomic mass is 19.1. The number of halogens is 1. The van der Waals surface area contributed by atoms with Gasteiger partial charge in [0.25, 0.3) is 0 Å². The Kier molecular flexibility index (Phi) is 5.67. The van der Waals surface area contributed by atoms with Gasteiger partial charge in [-0.25, -0.2) is 4.39 Å². The Morgan fingerprint density at radius 1 is 1.21 bits per heavy atom. The minimum Gasteiger partial charge on any atom is -0.366 e. The van der Waals surface area contributed by atoms with Gasteiger partial charge in [-0.3, -0.25) is 19.4 Å². The molecule has 0 aliphatic carbocycles. The van der Waals surface area contributed by atoms with Gasteiger partial charge in [0.15, 0.2) is 0 Å². The van der Waals surface area contributed by atoms with Crippen LogP contribution in [0.5, 0.6) is 0 Å². The normalized spacial score (nSPS) is 19.1. The monoisotopic (exact) mass is 384 g/mol. The second kappa shape index (κ2) is 8.16. The van der Waals surface area contributed by atoms with Crippen molar-refractivity contribution >= 4 is 23.4 Å². The van der Waals surface area contributed by atoms with Crippen molar-refractivity contribution in [2.75, 3.05) is 11.9 Å². The van der Waals surface area contributed by atoms with Crippen molar-refractivity contribution in [2.24, 2.45) is 11.7 Å². The molecule has 0 saturated carbocycles. The van der Waals surface area contributed by atoms with Crippen LogP contribution >= 0.6 is 0 Å². The topological polar surface area (TPSA) is 105 Å². The largest absolute Gasteiger partial charge is 0.366 e. The van der Waals surface area contributed by atoms with Gasteiger partial charge in [0.1, 0.15) is 5.82 Å². The first kappa shape index (κ1) is 19.5. The van der Waals surface area contributed by atoms with Gasteiger partial charge in [0.2, 0.25) is 5.91 Å². The lowest BCUT2D eigenvalue weighted by Gasteiger charge is -2.38. The first-order valence-electron chi connectivity index (χ1n) is 8.98. The number of nitrogens with two attached hydrogens (primary N) is 1. The fraction of sp³-hybridized carbons (Fsp3) is 0.300. The van der Waals surface area contributed by atoms with Crippen LogP contribution in [0.1, 0.15) is 41.7 Å². The summed E-state index contributed by atoms with van der Waals surface area (Å²) >= 11 is 0. The third kappa shape index (κ3) is 4.16. The number of carbonyl (C=O) groups is 3. The van der Waals surface area contributed by atoms with Gasteiger partial charge in [-0.15, -0.1) is 0 Å². The average molecular weight is 384 g/mol. The molecule has 3 amide bonds. The highest BCUT2D eigenvalue weighted by molar-refractivity contribution is 6.39. The van der Waals surface area contributed by atoms with Crippen LogP contribution in [0, 0.1) is 11.7 Å². The summed E-state index contributed by atoms with van der Waals surface area (Å²) in [6.45, 7) is 2.33. The van der Waals surface area contributed by atoms with Gasteiger partial charge in [-0.2, -0.15) is 0 Å². The summed E-state index contributed by atoms with van der Waals surface area (Å²) in [5.41, 5.74) is 5.89. The number of carbonyl (C=O) groups excluding carboxylic acids is 3. The van der Waals surface area contributed by atoms with Crippen molar-refractivity contribution in [1.29, 1.82) is 0 Å². The molecular formula is C20H21FN4O3. The number of pyridine rings is 1. The maximum absolute atomic E-state index is 14.3. The molecule has 1 saturated heterocycles. The van der Waals surface area contributed by atoms with Crippen LogP contribution in [0.15, 0.2) is 42.7 Å². The molecule has 1 fully saturated rings. The number of anilines is 1. The lowest BCUT2D eigenvalue weighted by atomic mass is 9.89. The van der Waals surface area contributed by atoms with Gasteiger partial charge in [-0.05, 0) is 30.9 Å². The summed E-state index contributed by atoms with van der Waals surface area (Å²) in [6, 6.07) is 7.10. The Hall–Kier alpha value is -3.29. The Bertz CT molecular complexity index is 918. The average Bonchev–Trinajstić information content (AvgIpc) is 2.68. The number of hydrogen-bond donors (Lipinski definition) is 2. The highest BCUT2D eigenvalue weighted by Gasteiger charge is 2.35. The number of nitrogens with zero attached hydrogens (tertiary/aromatic N) is 2. The molecule has 0 bridgehead atoms. The third-order valence-electron chi connectivity index (χ3n) is 4.82. The SMILES string of the molecule is C[C@@H]1CC[C@@H](c2ccccc2F)N(C(=O)C(=O)Nc2cncc(C(N)=O)c2)C1. The number of nitrogens with one attached hydrogen (secondary N) is 1. The lowest BCUT2D eigenvalue weighted by Crippen LogP contribution is -2.46. The van der Waals surface area contributed by atoms with Crippen molar-refractivity contribution in [3.8, 4) is 0 Å². The Morgan fingerprint density at radius 2 is 1.96 bits per heavy atom. The summed E-state index contributed by atoms with van der Waals surface area (Å²) in [6.07, 6.45) is 3.97. The van der Waals surface area contributed by atoms with Gasteiger partial charge >= 0.3 is 11.8 Å². The number of amides is 3. The van der Waals surface area contributed by atoms with Crippen LogP contribution in [0.25, 0.3) is 0 Å². The molecule has 8 heteroatoms. The van der Waals surface area contributed by atoms with Crippen LogP contribution < -0.4 is 11.1 Å². The molecule has 1 aromatic carbocycles. The quantitative estimate of drug-likeness (QED) is 0.792. The number of piperidine rings is 1. The number of primary amides is 1. The molecule has 2 heterocycles. The second-order valence-electron chi connectivity index (χ2n) is 6.96. The number of benzene rings is 1. The first-order valence-corrected chi connectivity index (χ1v) is 8.98. The maximum atomic E-state index is 14.3. The third-order valence-corrected chi connectivity index (χ3v) is 4.82. The zero-order chi connectivity index (χ0) is 20.3. The van der Waals surface area contributed by atoms with E-state index in [1.54, 1.807) is 18.2 Å². The van der Waals surface area contributed by atoms with E-state index in [4.69, 9.17) is 5.73 Å². The van der Waals surface area contributed by atoms with Crippen molar-refractivity contribution in [3.63, 3.8) is 0 Å². The fourth-order valence-electron chi connectivity index (χ4n) is 3.40. The van der Waals surface area contributed by atoms with Gasteiger partial charge in [0.05, 0.1) is 23.5 Å². The van der Waals surface area contributed by atoms with Crippen LogP contribution in [0.4, 0.5) is 10.1 Å². The molecule has 1 aliphatic heterocycles. The molecule has 3 N–H and O–H groups in total. The number of aromatic nitrogens is 1. The van der Waals surface area contributed by atoms with Crippen LogP contribution in [-0.4, -0.2) is 34.2 Å². The Labute approximate surface area is 161 Å². The molecule has 2 aromatic rings. The van der Waals surface area contributed by atoms with Crippen molar-refractivity contribution in [3.05, 3.63) is 59.7 Å². The van der Waals surface area contributed by atoms with E-state index in [2.05, 4.69) is 10.3 Å². The van der Waals surface area contributed by atoms with E-state index in [1.807, 2.05) is 6.92 Å². The Balaban J connectivity index is 1.81. The smallest absolute Gasteiger partial charge is 0.313 e. The van der Waals surface area contributed by atoms with Gasteiger partial charge in [-0.1, -0.05) is 25.1 Å². The highest BCUT2D eigenvalue weighted by Crippen LogP contribution is 2.34. The summed E-state index contributed by atoms with van der Waals surface area (Å²) < 4.78 is 14.3. The fourth-order valence-corrected chi connectivity index (χ4v) is 3.40. The first-order chi connectivity index (χ1) is 13.4. The molecule has 28 heavy (non-hydrogen) atoms. The van der Waals surface area contributed by atoms with Crippen LogP contribution in [-0.2, 0) is 9.59 Å². The number of hydrogen-bond acceptors (Lipinski definition) is 4. The Morgan fingerprint density at radius 3 is 2.68 bits per heavy atom. The molecule has 146 valence electrons. The molecule has 0 unspecified atom stereocenters. The van der Waals surface area contributed by atoms with E-state index in [9.17, 15) is 18.8 Å². The summed E-state index contributed by atoms with van der Waals surface area (Å²) in [5, 5.41) is 2.44. The standard InChI is InChI=1S/C20H21FN4O3/c1-12-6-7-17(15-4-2-3-5-16(15)21)25(11-12)20(28)19(27)24-14-8-13(18(22)26)9-23-10-14/h2-5,8-10,12,17H,6-7,11H2,1H3,(H2,22,26)(H,24,27)/t12-,17+/m1/s1. The lowest BCUT2D eigenvalue weighted by molar-refractivity contribution is -0.146. The molecule has 3 rings (SSSR count). The van der Waals surface area contributed by atoms with Gasteiger partial charge < -0.3 is 16.0 Å². The van der Waals surface area contributed by atoms with E-state index >= 15 is 0 Å². The summed E-state index contributed by atoms with van der Waals surface area (Å²) in [4.78, 5) is 41.8. The van der Waals surface area contributed by atoms with Crippen molar-refractivity contribution in [1.82, 2.24) is 9.88 Å². The zero-order valence-electron chi connectivity index (χ0n) is 15.4. The van der Waals surface area contributed by atoms with Gasteiger partial charge in [0, 0.05) is 18.3 Å². The van der Waals surface area contributed by atoms with E-state index < -0.39 is 29.6 Å². The maximum Gasteiger partial charge on any atom is 0.313 e. The van der Waals surface area contributed by atoms with Crippen molar-refractivity contribution in [2.45, 2.75) is 25.8 Å². The van der Waals surface area contributed by atoms with Crippen LogP contribution in [0.2, 0.25) is 0 Å². The van der Waals surface area contributed by atoms with E-state index in [1.165, 1.54) is 29.4 Å². The van der Waals surface area contributed by atoms with Crippen molar-refractivity contribution < 1.29 is 18.8 Å². The summed E-state index contributed by atoms with van der Waals surface area (Å²) in [5.74, 6) is -2.54. The zero-order valence-corrected chi connectivity index (χ0v) is 15.4. The number of rotatable bonds is 3. The number of likely N-dealkylation sites (tertiary alicyclic amines) is 1. The minimum atomic E-state index is -0.876. The predicted octanol–water partition coefficient (Wildman–Crippen LogP) is 2.26. The second-order valence-corrected chi connectivity index (χ2v) is 6.96. The molecule has 0 radical (unpaired) electrons. The molecule has 0 spiro atoms. The molecule has 2 atom stereocenters. The molecule has 7 nitrogen and oxygen atoms in total. The van der Waals surface area contributed by atoms with E-state index in [0.717, 1.165) is 6.42 Å². The molecule has 1 aromatic heterocycles. The predicted molar refractivity (Wildman–Crippen MR) is 101 cm³/mol. The molecular weight excluding hydrogens is 363 g/mol. The van der Waals surface area contributed by atoms with E-state index in [0.29, 0.717) is 18.5 Å². The van der Waals surface area contributed by atoms with Crippen LogP contribution in [0.3, 0.4) is 0 Å².